The average molecular weight is 1230 g/mol. The first-order valence-electron chi connectivity index (χ1n) is 19.3. The lowest BCUT2D eigenvalue weighted by molar-refractivity contribution is -0.553. The fourth-order valence-corrected chi connectivity index (χ4v) is 4.38. The summed E-state index contributed by atoms with van der Waals surface area (Å²) in [4.78, 5) is 12.2. The van der Waals surface area contributed by atoms with Gasteiger partial charge in [-0.3, -0.25) is 23.7 Å². The zero-order chi connectivity index (χ0) is 62.0. The largest absolute Gasteiger partial charge is 0.465 e. The molecule has 0 aromatic carbocycles. The molecule has 0 spiro atoms. The summed E-state index contributed by atoms with van der Waals surface area (Å²) in [5, 5.41) is 0. The van der Waals surface area contributed by atoms with E-state index in [9.17, 15) is 154 Å². The summed E-state index contributed by atoms with van der Waals surface area (Å²) in [5.74, 6) is -49.7. The van der Waals surface area contributed by atoms with E-state index < -0.39 is 173 Å². The molecule has 10 nitrogen and oxygen atoms in total. The SMILES string of the molecule is CCC(C)(C)C(=O)OCCCC(C)(OCCOCC(F)(OC(F)(F)C(F)(OC(F)(F)C(F)(F)C(F)(F)F)C(F)(F)F)C(F)(F)F)OCCOCC(F)(OC(F)(F)C(F)(OC(F)(F)C(F)(F)C(F)(F)F)C(F)(F)F)C(F)(F)F. The molecular weight excluding hydrogens is 1200 g/mol. The molecule has 0 rings (SSSR count). The second-order valence-corrected chi connectivity index (χ2v) is 15.7. The van der Waals surface area contributed by atoms with Crippen molar-refractivity contribution in [3.63, 3.8) is 0 Å². The van der Waals surface area contributed by atoms with Crippen LogP contribution < -0.4 is 0 Å². The summed E-state index contributed by atoms with van der Waals surface area (Å²) >= 11 is 0. The van der Waals surface area contributed by atoms with Crippen molar-refractivity contribution in [1.82, 2.24) is 0 Å². The van der Waals surface area contributed by atoms with E-state index >= 15 is 0 Å². The summed E-state index contributed by atoms with van der Waals surface area (Å²) in [6.45, 7) is -9.66. The maximum absolute atomic E-state index is 14.9. The van der Waals surface area contributed by atoms with Crippen LogP contribution in [0.3, 0.4) is 0 Å². The van der Waals surface area contributed by atoms with E-state index in [2.05, 4.69) is 9.47 Å². The van der Waals surface area contributed by atoms with Crippen molar-refractivity contribution in [2.75, 3.05) is 46.2 Å². The van der Waals surface area contributed by atoms with E-state index in [4.69, 9.17) is 14.2 Å². The Morgan fingerprint density at radius 1 is 0.364 bits per heavy atom. The molecular formula is C33H32F34O10. The van der Waals surface area contributed by atoms with E-state index in [0.29, 0.717) is 6.92 Å². The van der Waals surface area contributed by atoms with Gasteiger partial charge in [0.1, 0.15) is 13.2 Å². The Morgan fingerprint density at radius 2 is 0.662 bits per heavy atom. The highest BCUT2D eigenvalue weighted by molar-refractivity contribution is 5.75. The lowest BCUT2D eigenvalue weighted by Gasteiger charge is -2.40. The van der Waals surface area contributed by atoms with Crippen molar-refractivity contribution in [1.29, 1.82) is 0 Å². The second kappa shape index (κ2) is 23.3. The first kappa shape index (κ1) is 73.8. The minimum atomic E-state index is -8.27. The van der Waals surface area contributed by atoms with Crippen molar-refractivity contribution in [3.8, 4) is 0 Å². The zero-order valence-corrected chi connectivity index (χ0v) is 37.5. The van der Waals surface area contributed by atoms with Gasteiger partial charge < -0.3 is 23.7 Å². The van der Waals surface area contributed by atoms with E-state index in [0.717, 1.165) is 0 Å². The summed E-state index contributed by atoms with van der Waals surface area (Å²) in [7, 11) is 0. The number of hydrogen-bond donors (Lipinski definition) is 0. The molecule has 44 heteroatoms. The molecule has 77 heavy (non-hydrogen) atoms. The highest BCUT2D eigenvalue weighted by Gasteiger charge is 2.87. The third-order valence-electron chi connectivity index (χ3n) is 9.18. The molecule has 0 aliphatic carbocycles. The summed E-state index contributed by atoms with van der Waals surface area (Å²) < 4.78 is 486. The molecule has 4 atom stereocenters. The number of esters is 1. The Hall–Kier alpha value is -3.23. The third-order valence-corrected chi connectivity index (χ3v) is 9.18. The molecule has 4 unspecified atom stereocenters. The van der Waals surface area contributed by atoms with Gasteiger partial charge in [-0.15, -0.1) is 0 Å². The molecule has 0 saturated carbocycles. The van der Waals surface area contributed by atoms with Crippen LogP contribution in [0.1, 0.15) is 47.0 Å². The molecule has 0 saturated heterocycles. The molecule has 0 fully saturated rings. The van der Waals surface area contributed by atoms with Gasteiger partial charge >= 0.3 is 103 Å². The molecule has 0 heterocycles. The number of carbonyl (C=O) groups excluding carboxylic acids is 1. The standard InChI is InChI=1S/C33H32F34O10/c1-5-16(2,3)15(68)71-8-6-7-17(4,72-11-9-69-13-18(34,24(42,43)44)74-32(64,65)22(40,28(54,55)56)76-30(60,61)20(36,37)26(48,49)50)73-12-10-70-14-19(35,25(45,46)47)75-33(66,67)23(41,29(57,58)59)77-31(62,63)21(38,39)27(51,52)53/h5-14H2,1-4H3. The number of halogens is 34. The van der Waals surface area contributed by atoms with Gasteiger partial charge in [-0.2, -0.15) is 149 Å². The Bertz CT molecular complexity index is 1780. The van der Waals surface area contributed by atoms with Crippen LogP contribution in [0.25, 0.3) is 0 Å². The monoisotopic (exact) mass is 1230 g/mol. The molecule has 0 amide bonds. The van der Waals surface area contributed by atoms with Gasteiger partial charge in [-0.05, 0) is 33.6 Å². The number of rotatable bonds is 30. The lowest BCUT2D eigenvalue weighted by atomic mass is 9.91. The number of hydrogen-bond acceptors (Lipinski definition) is 10. The summed E-state index contributed by atoms with van der Waals surface area (Å²) in [6, 6.07) is 0. The van der Waals surface area contributed by atoms with Crippen LogP contribution >= 0.6 is 0 Å². The van der Waals surface area contributed by atoms with Gasteiger partial charge in [0.25, 0.3) is 0 Å². The van der Waals surface area contributed by atoms with Gasteiger partial charge in [0.15, 0.2) is 5.79 Å². The molecule has 0 aliphatic heterocycles. The number of ether oxygens (including phenoxy) is 9. The topological polar surface area (TPSA) is 100 Å². The summed E-state index contributed by atoms with van der Waals surface area (Å²) in [6.07, 6.45) is -80.4. The lowest BCUT2D eigenvalue weighted by Crippen LogP contribution is -2.67. The Kier molecular flexibility index (Phi) is 22.3. The van der Waals surface area contributed by atoms with Crippen LogP contribution in [0.2, 0.25) is 0 Å². The smallest absolute Gasteiger partial charge is 0.462 e. The van der Waals surface area contributed by atoms with E-state index in [-0.39, 0.29) is 6.42 Å². The Morgan fingerprint density at radius 3 is 0.909 bits per heavy atom. The molecule has 0 radical (unpaired) electrons. The Balaban J connectivity index is 6.64. The molecule has 0 N–H and O–H groups in total. The van der Waals surface area contributed by atoms with E-state index in [1.807, 2.05) is 9.47 Å². The van der Waals surface area contributed by atoms with Gasteiger partial charge in [-0.25, -0.2) is 0 Å². The third kappa shape index (κ3) is 16.7. The normalized spacial score (nSPS) is 19.0. The predicted molar refractivity (Wildman–Crippen MR) is 172 cm³/mol. The zero-order valence-electron chi connectivity index (χ0n) is 37.5. The van der Waals surface area contributed by atoms with E-state index in [1.54, 1.807) is 0 Å². The van der Waals surface area contributed by atoms with Crippen LogP contribution in [0.4, 0.5) is 149 Å². The maximum Gasteiger partial charge on any atom is 0.462 e. The predicted octanol–water partition coefficient (Wildman–Crippen LogP) is 13.3. The second-order valence-electron chi connectivity index (χ2n) is 15.7. The molecule has 0 aromatic rings. The van der Waals surface area contributed by atoms with Gasteiger partial charge in [0.05, 0.1) is 38.4 Å². The summed E-state index contributed by atoms with van der Waals surface area (Å²) in [5.41, 5.74) is -1.23. The van der Waals surface area contributed by atoms with Crippen molar-refractivity contribution >= 4 is 5.97 Å². The number of alkyl halides is 34. The molecule has 462 valence electrons. The van der Waals surface area contributed by atoms with Crippen LogP contribution in [-0.4, -0.2) is 155 Å². The van der Waals surface area contributed by atoms with Crippen LogP contribution in [0, 0.1) is 5.41 Å². The van der Waals surface area contributed by atoms with Crippen LogP contribution in [0.5, 0.6) is 0 Å². The first-order valence-corrected chi connectivity index (χ1v) is 19.3. The minimum absolute atomic E-state index is 0.0906. The molecule has 0 aromatic heterocycles. The van der Waals surface area contributed by atoms with Crippen LogP contribution in [0.15, 0.2) is 0 Å². The van der Waals surface area contributed by atoms with Crippen molar-refractivity contribution in [2.45, 2.75) is 150 Å². The Labute approximate surface area is 404 Å². The fourth-order valence-electron chi connectivity index (χ4n) is 4.38. The van der Waals surface area contributed by atoms with E-state index in [1.165, 1.54) is 30.2 Å². The molecule has 0 aliphatic rings. The maximum atomic E-state index is 14.9. The van der Waals surface area contributed by atoms with Crippen molar-refractivity contribution < 1.29 is 197 Å². The van der Waals surface area contributed by atoms with Gasteiger partial charge in [-0.1, -0.05) is 6.92 Å². The average Bonchev–Trinajstić information content (AvgIpc) is 3.18. The fraction of sp³-hybridized carbons (Fsp3) is 0.970. The first-order chi connectivity index (χ1) is 33.4. The highest BCUT2D eigenvalue weighted by atomic mass is 19.5. The van der Waals surface area contributed by atoms with Crippen molar-refractivity contribution in [3.05, 3.63) is 0 Å². The van der Waals surface area contributed by atoms with Gasteiger partial charge in [0.2, 0.25) is 0 Å². The van der Waals surface area contributed by atoms with Crippen LogP contribution in [-0.2, 0) is 47.4 Å². The quantitative estimate of drug-likeness (QED) is 0.0299. The minimum Gasteiger partial charge on any atom is -0.465 e. The highest BCUT2D eigenvalue weighted by Crippen LogP contribution is 2.59. The molecule has 0 bridgehead atoms. The van der Waals surface area contributed by atoms with Crippen molar-refractivity contribution in [2.24, 2.45) is 5.41 Å². The van der Waals surface area contributed by atoms with Gasteiger partial charge in [0, 0.05) is 6.42 Å². The number of carbonyl (C=O) groups is 1.